The highest BCUT2D eigenvalue weighted by atomic mass is 19.4. The zero-order chi connectivity index (χ0) is 24.6. The van der Waals surface area contributed by atoms with Gasteiger partial charge in [-0.2, -0.15) is 13.2 Å². The van der Waals surface area contributed by atoms with Crippen molar-refractivity contribution in [2.24, 2.45) is 17.8 Å². The Labute approximate surface area is 194 Å². The number of rotatable bonds is 5. The summed E-state index contributed by atoms with van der Waals surface area (Å²) in [5, 5.41) is 11.5. The molecule has 178 valence electrons. The van der Waals surface area contributed by atoms with E-state index in [1.165, 1.54) is 18.2 Å². The van der Waals surface area contributed by atoms with E-state index in [4.69, 9.17) is 7.48 Å². The first-order valence-corrected chi connectivity index (χ1v) is 11.7. The van der Waals surface area contributed by atoms with Crippen molar-refractivity contribution < 1.29 is 20.6 Å². The number of pyridine rings is 1. The van der Waals surface area contributed by atoms with E-state index in [0.717, 1.165) is 58.0 Å². The molecule has 2 unspecified atom stereocenters. The largest absolute Gasteiger partial charge is 0.434 e. The summed E-state index contributed by atoms with van der Waals surface area (Å²) in [7, 11) is 0. The van der Waals surface area contributed by atoms with Gasteiger partial charge in [-0.25, -0.2) is 0 Å². The Kier molecular flexibility index (Phi) is 5.82. The van der Waals surface area contributed by atoms with Crippen LogP contribution in [0.3, 0.4) is 0 Å². The molecule has 2 aromatic rings. The summed E-state index contributed by atoms with van der Waals surface area (Å²) in [5.74, 6) is 1.37. The summed E-state index contributed by atoms with van der Waals surface area (Å²) < 4.78 is 62.9. The first kappa shape index (κ1) is 20.1. The minimum Gasteiger partial charge on any atom is -0.381 e. The predicted molar refractivity (Wildman–Crippen MR) is 118 cm³/mol. The number of ether oxygens (including phenoxy) is 1. The number of nitrogens with one attached hydrogen (secondary N) is 1. The van der Waals surface area contributed by atoms with Crippen LogP contribution in [0.15, 0.2) is 30.5 Å². The Bertz CT molecular complexity index is 1000. The lowest BCUT2D eigenvalue weighted by Crippen LogP contribution is -2.30. The van der Waals surface area contributed by atoms with Gasteiger partial charge in [0.15, 0.2) is 5.69 Å². The number of likely N-dealkylation sites (tertiary alicyclic amines) is 1. The number of fused-ring (bicyclic) bond motifs is 1. The van der Waals surface area contributed by atoms with Crippen LogP contribution in [0.25, 0.3) is 11.3 Å². The third-order valence-corrected chi connectivity index (χ3v) is 6.94. The van der Waals surface area contributed by atoms with Crippen molar-refractivity contribution in [3.05, 3.63) is 36.2 Å². The zero-order valence-corrected chi connectivity index (χ0v) is 18.4. The highest BCUT2D eigenvalue weighted by Gasteiger charge is 2.41. The third-order valence-electron chi connectivity index (χ3n) is 6.94. The topological polar surface area (TPSA) is 63.2 Å². The number of aromatic nitrogens is 3. The summed E-state index contributed by atoms with van der Waals surface area (Å²) in [4.78, 5) is 5.51. The van der Waals surface area contributed by atoms with Crippen LogP contribution >= 0.6 is 0 Å². The zero-order valence-electron chi connectivity index (χ0n) is 20.4. The summed E-state index contributed by atoms with van der Waals surface area (Å²) in [6.45, 7) is 1.54. The van der Waals surface area contributed by atoms with Crippen LogP contribution in [0, 0.1) is 17.8 Å². The van der Waals surface area contributed by atoms with Gasteiger partial charge in [0.2, 0.25) is 0 Å². The standard InChI is InChI=1S/C24H30F3N5O/c25-24(26,27)23-20(4-1-8-28-23)21-5-6-22(31-30-21)29-19-11-17-14-32(15-18(17)12-19)13-16-3-2-9-33-10-7-16/h1,4-6,8,16-19H,2-3,7,9-15H2,(H,29,31)/t16?,17-,18+,19?/i13D2. The average molecular weight is 464 g/mol. The van der Waals surface area contributed by atoms with Gasteiger partial charge < -0.3 is 15.0 Å². The van der Waals surface area contributed by atoms with Crippen LogP contribution in [0.4, 0.5) is 19.0 Å². The molecule has 4 atom stereocenters. The first-order valence-electron chi connectivity index (χ1n) is 12.7. The second-order valence-electron chi connectivity index (χ2n) is 9.31. The normalized spacial score (nSPS) is 29.8. The molecule has 33 heavy (non-hydrogen) atoms. The van der Waals surface area contributed by atoms with Gasteiger partial charge in [-0.05, 0) is 74.1 Å². The number of halogens is 3. The summed E-state index contributed by atoms with van der Waals surface area (Å²) >= 11 is 0. The van der Waals surface area contributed by atoms with Crippen molar-refractivity contribution >= 4 is 5.82 Å². The molecule has 4 heterocycles. The molecule has 3 fully saturated rings. The first-order chi connectivity index (χ1) is 16.7. The van der Waals surface area contributed by atoms with Crippen molar-refractivity contribution in [2.75, 3.05) is 38.1 Å². The maximum absolute atomic E-state index is 13.3. The van der Waals surface area contributed by atoms with E-state index in [1.54, 1.807) is 6.07 Å². The third kappa shape index (κ3) is 5.30. The average Bonchev–Trinajstić information content (AvgIpc) is 3.26. The summed E-state index contributed by atoms with van der Waals surface area (Å²) in [6, 6.07) is 6.17. The molecule has 0 aromatic carbocycles. The van der Waals surface area contributed by atoms with Gasteiger partial charge in [0, 0.05) is 53.3 Å². The molecule has 0 amide bonds. The van der Waals surface area contributed by atoms with Gasteiger partial charge in [-0.3, -0.25) is 4.98 Å². The predicted octanol–water partition coefficient (Wildman–Crippen LogP) is 4.50. The monoisotopic (exact) mass is 463 g/mol. The van der Waals surface area contributed by atoms with Crippen LogP contribution in [0.5, 0.6) is 0 Å². The number of anilines is 1. The van der Waals surface area contributed by atoms with Gasteiger partial charge in [-0.1, -0.05) is 0 Å². The van der Waals surface area contributed by atoms with Crippen LogP contribution in [-0.2, 0) is 10.9 Å². The van der Waals surface area contributed by atoms with Crippen molar-refractivity contribution in [3.8, 4) is 11.3 Å². The lowest BCUT2D eigenvalue weighted by Gasteiger charge is -2.24. The Morgan fingerprint density at radius 1 is 1.09 bits per heavy atom. The maximum atomic E-state index is 13.3. The van der Waals surface area contributed by atoms with Crippen LogP contribution in [0.2, 0.25) is 0 Å². The minimum atomic E-state index is -4.57. The fourth-order valence-corrected chi connectivity index (χ4v) is 5.41. The van der Waals surface area contributed by atoms with E-state index in [0.29, 0.717) is 24.3 Å². The Hall–Kier alpha value is -2.26. The molecule has 3 aliphatic rings. The molecule has 1 N–H and O–H groups in total. The van der Waals surface area contributed by atoms with E-state index in [1.807, 2.05) is 4.90 Å². The van der Waals surface area contributed by atoms with Gasteiger partial charge in [0.25, 0.3) is 0 Å². The smallest absolute Gasteiger partial charge is 0.381 e. The molecule has 5 rings (SSSR count). The fraction of sp³-hybridized carbons (Fsp3) is 0.625. The lowest BCUT2D eigenvalue weighted by atomic mass is 10.00. The van der Waals surface area contributed by atoms with Gasteiger partial charge in [0.1, 0.15) is 5.82 Å². The second-order valence-corrected chi connectivity index (χ2v) is 9.31. The molecule has 6 nitrogen and oxygen atoms in total. The lowest BCUT2D eigenvalue weighted by molar-refractivity contribution is -0.140. The molecule has 1 aliphatic carbocycles. The van der Waals surface area contributed by atoms with E-state index in [9.17, 15) is 13.2 Å². The number of hydrogen-bond donors (Lipinski definition) is 1. The van der Waals surface area contributed by atoms with Gasteiger partial charge in [0.05, 0.1) is 5.69 Å². The Morgan fingerprint density at radius 3 is 2.64 bits per heavy atom. The molecule has 0 radical (unpaired) electrons. The quantitative estimate of drug-likeness (QED) is 0.705. The van der Waals surface area contributed by atoms with Crippen LogP contribution < -0.4 is 5.32 Å². The van der Waals surface area contributed by atoms with Crippen molar-refractivity contribution in [1.82, 2.24) is 20.1 Å². The second kappa shape index (κ2) is 9.54. The highest BCUT2D eigenvalue weighted by molar-refractivity contribution is 5.62. The molecular weight excluding hydrogens is 431 g/mol. The molecular formula is C24H30F3N5O. The number of hydrogen-bond acceptors (Lipinski definition) is 6. The fourth-order valence-electron chi connectivity index (χ4n) is 5.41. The summed E-state index contributed by atoms with van der Waals surface area (Å²) in [6.07, 6.45) is 0.913. The molecule has 1 saturated carbocycles. The number of nitrogens with zero attached hydrogens (tertiary/aromatic N) is 4. The van der Waals surface area contributed by atoms with Crippen molar-refractivity contribution in [3.63, 3.8) is 0 Å². The van der Waals surface area contributed by atoms with E-state index < -0.39 is 18.4 Å². The molecule has 9 heteroatoms. The Morgan fingerprint density at radius 2 is 1.91 bits per heavy atom. The van der Waals surface area contributed by atoms with Crippen molar-refractivity contribution in [1.29, 1.82) is 0 Å². The maximum Gasteiger partial charge on any atom is 0.434 e. The van der Waals surface area contributed by atoms with Crippen LogP contribution in [-0.4, -0.2) is 58.9 Å². The number of alkyl halides is 3. The molecule has 0 spiro atoms. The van der Waals surface area contributed by atoms with E-state index in [-0.39, 0.29) is 23.2 Å². The van der Waals surface area contributed by atoms with Gasteiger partial charge in [-0.15, -0.1) is 10.2 Å². The van der Waals surface area contributed by atoms with E-state index in [2.05, 4.69) is 20.5 Å². The minimum absolute atomic E-state index is 0.00390. The van der Waals surface area contributed by atoms with Crippen LogP contribution in [0.1, 0.15) is 40.5 Å². The SMILES string of the molecule is [2H]C([2H])(C1CCCOCC1)N1C[C@H]2CC(Nc3ccc(-c4cccnc4C(F)(F)F)nn3)C[C@H]2C1. The molecule has 2 saturated heterocycles. The van der Waals surface area contributed by atoms with E-state index >= 15 is 0 Å². The Balaban J connectivity index is 1.19. The van der Waals surface area contributed by atoms with Crippen molar-refractivity contribution in [2.45, 2.75) is 44.3 Å². The molecule has 2 aliphatic heterocycles. The van der Waals surface area contributed by atoms with Gasteiger partial charge >= 0.3 is 6.18 Å². The molecule has 2 aromatic heterocycles. The summed E-state index contributed by atoms with van der Waals surface area (Å²) in [5.41, 5.74) is -0.940. The molecule has 0 bridgehead atoms. The highest BCUT2D eigenvalue weighted by Crippen LogP contribution is 2.40.